The average molecular weight is 371 g/mol. The third-order valence-corrected chi connectivity index (χ3v) is 4.98. The molecule has 0 aliphatic carbocycles. The van der Waals surface area contributed by atoms with Crippen LogP contribution in [0.1, 0.15) is 58.2 Å². The number of hydrogen-bond acceptors (Lipinski definition) is 3. The quantitative estimate of drug-likeness (QED) is 0.633. The Morgan fingerprint density at radius 1 is 0.593 bits per heavy atom. The standard InChI is InChI=1S/C24H34O3/c1-15-11-16(23(2,3)4)12-18(21(15)26-9)19-13-17(24(5,6)7)14-20(25-8)22(19)27-10/h11-14H,1-10H3. The van der Waals surface area contributed by atoms with Gasteiger partial charge in [0.1, 0.15) is 5.75 Å². The van der Waals surface area contributed by atoms with Crippen LogP contribution in [-0.4, -0.2) is 21.3 Å². The van der Waals surface area contributed by atoms with Crippen LogP contribution in [0.2, 0.25) is 0 Å². The van der Waals surface area contributed by atoms with Gasteiger partial charge in [-0.05, 0) is 52.6 Å². The van der Waals surface area contributed by atoms with E-state index in [1.54, 1.807) is 21.3 Å². The topological polar surface area (TPSA) is 27.7 Å². The van der Waals surface area contributed by atoms with E-state index >= 15 is 0 Å². The molecule has 0 aromatic heterocycles. The van der Waals surface area contributed by atoms with Gasteiger partial charge in [0.2, 0.25) is 0 Å². The molecule has 0 amide bonds. The van der Waals surface area contributed by atoms with Crippen molar-refractivity contribution in [1.29, 1.82) is 0 Å². The maximum Gasteiger partial charge on any atom is 0.168 e. The van der Waals surface area contributed by atoms with E-state index in [4.69, 9.17) is 14.2 Å². The van der Waals surface area contributed by atoms with Gasteiger partial charge in [-0.25, -0.2) is 0 Å². The van der Waals surface area contributed by atoms with Crippen molar-refractivity contribution < 1.29 is 14.2 Å². The zero-order chi connectivity index (χ0) is 20.6. The highest BCUT2D eigenvalue weighted by Crippen LogP contribution is 2.46. The molecule has 148 valence electrons. The largest absolute Gasteiger partial charge is 0.496 e. The van der Waals surface area contributed by atoms with Gasteiger partial charge in [0.05, 0.1) is 21.3 Å². The summed E-state index contributed by atoms with van der Waals surface area (Å²) in [5.41, 5.74) is 5.61. The van der Waals surface area contributed by atoms with Gasteiger partial charge < -0.3 is 14.2 Å². The van der Waals surface area contributed by atoms with Crippen molar-refractivity contribution in [2.24, 2.45) is 0 Å². The Labute approximate surface area is 164 Å². The van der Waals surface area contributed by atoms with Crippen molar-refractivity contribution in [1.82, 2.24) is 0 Å². The molecule has 0 fully saturated rings. The SMILES string of the molecule is COc1cc(C(C)(C)C)cc(-c2cc(C(C)(C)C)cc(C)c2OC)c1OC. The number of ether oxygens (including phenoxy) is 3. The van der Waals surface area contributed by atoms with E-state index in [0.717, 1.165) is 33.9 Å². The van der Waals surface area contributed by atoms with Crippen molar-refractivity contribution in [3.05, 3.63) is 41.0 Å². The van der Waals surface area contributed by atoms with E-state index in [2.05, 4.69) is 72.7 Å². The number of rotatable bonds is 4. The summed E-state index contributed by atoms with van der Waals surface area (Å²) in [6.07, 6.45) is 0. The van der Waals surface area contributed by atoms with Gasteiger partial charge in [0, 0.05) is 11.1 Å². The molecule has 2 aromatic carbocycles. The van der Waals surface area contributed by atoms with Crippen LogP contribution in [0, 0.1) is 6.92 Å². The Hall–Kier alpha value is -2.16. The predicted molar refractivity (Wildman–Crippen MR) is 114 cm³/mol. The molecule has 0 aliphatic heterocycles. The summed E-state index contributed by atoms with van der Waals surface area (Å²) in [6, 6.07) is 8.69. The van der Waals surface area contributed by atoms with Gasteiger partial charge in [-0.2, -0.15) is 0 Å². The number of hydrogen-bond donors (Lipinski definition) is 0. The molecule has 0 unspecified atom stereocenters. The number of aryl methyl sites for hydroxylation is 1. The first-order chi connectivity index (χ1) is 12.4. The molecule has 3 heteroatoms. The highest BCUT2D eigenvalue weighted by atomic mass is 16.5. The molecule has 0 heterocycles. The monoisotopic (exact) mass is 370 g/mol. The van der Waals surface area contributed by atoms with Crippen molar-refractivity contribution in [2.45, 2.75) is 59.3 Å². The fraction of sp³-hybridized carbons (Fsp3) is 0.500. The molecule has 0 saturated heterocycles. The molecular formula is C24H34O3. The van der Waals surface area contributed by atoms with Crippen LogP contribution in [0.15, 0.2) is 24.3 Å². The Balaban J connectivity index is 2.93. The summed E-state index contributed by atoms with van der Waals surface area (Å²) in [5, 5.41) is 0. The summed E-state index contributed by atoms with van der Waals surface area (Å²) in [5.74, 6) is 2.34. The molecule has 0 radical (unpaired) electrons. The van der Waals surface area contributed by atoms with E-state index in [-0.39, 0.29) is 10.8 Å². The lowest BCUT2D eigenvalue weighted by Gasteiger charge is -2.26. The molecule has 0 spiro atoms. The molecule has 2 aromatic rings. The molecule has 3 nitrogen and oxygen atoms in total. The Morgan fingerprint density at radius 2 is 1.04 bits per heavy atom. The fourth-order valence-electron chi connectivity index (χ4n) is 3.28. The van der Waals surface area contributed by atoms with Crippen molar-refractivity contribution in [2.75, 3.05) is 21.3 Å². The van der Waals surface area contributed by atoms with Crippen molar-refractivity contribution in [3.63, 3.8) is 0 Å². The van der Waals surface area contributed by atoms with Gasteiger partial charge in [-0.1, -0.05) is 47.6 Å². The zero-order valence-corrected chi connectivity index (χ0v) is 18.5. The van der Waals surface area contributed by atoms with E-state index in [1.165, 1.54) is 11.1 Å². The molecular weight excluding hydrogens is 336 g/mol. The zero-order valence-electron chi connectivity index (χ0n) is 18.5. The second kappa shape index (κ2) is 7.46. The third kappa shape index (κ3) is 4.23. The van der Waals surface area contributed by atoms with E-state index in [9.17, 15) is 0 Å². The predicted octanol–water partition coefficient (Wildman–Crippen LogP) is 6.28. The number of methoxy groups -OCH3 is 3. The van der Waals surface area contributed by atoms with Crippen molar-refractivity contribution >= 4 is 0 Å². The first-order valence-electron chi connectivity index (χ1n) is 9.40. The normalized spacial score (nSPS) is 12.1. The van der Waals surface area contributed by atoms with E-state index in [1.807, 2.05) is 0 Å². The van der Waals surface area contributed by atoms with Gasteiger partial charge in [0.25, 0.3) is 0 Å². The van der Waals surface area contributed by atoms with E-state index in [0.29, 0.717) is 0 Å². The summed E-state index contributed by atoms with van der Waals surface area (Å²) < 4.78 is 17.2. The Morgan fingerprint density at radius 3 is 1.44 bits per heavy atom. The fourth-order valence-corrected chi connectivity index (χ4v) is 3.28. The maximum absolute atomic E-state index is 5.80. The molecule has 0 bridgehead atoms. The average Bonchev–Trinajstić information content (AvgIpc) is 2.57. The first-order valence-corrected chi connectivity index (χ1v) is 9.40. The third-order valence-electron chi connectivity index (χ3n) is 4.98. The van der Waals surface area contributed by atoms with Gasteiger partial charge >= 0.3 is 0 Å². The van der Waals surface area contributed by atoms with Crippen LogP contribution in [0.5, 0.6) is 17.2 Å². The van der Waals surface area contributed by atoms with Crippen LogP contribution >= 0.6 is 0 Å². The van der Waals surface area contributed by atoms with Crippen LogP contribution in [0.3, 0.4) is 0 Å². The number of benzene rings is 2. The van der Waals surface area contributed by atoms with Crippen LogP contribution in [-0.2, 0) is 10.8 Å². The summed E-state index contributed by atoms with van der Waals surface area (Å²) >= 11 is 0. The maximum atomic E-state index is 5.80. The van der Waals surface area contributed by atoms with Crippen LogP contribution in [0.4, 0.5) is 0 Å². The van der Waals surface area contributed by atoms with Crippen molar-refractivity contribution in [3.8, 4) is 28.4 Å². The van der Waals surface area contributed by atoms with Crippen LogP contribution in [0.25, 0.3) is 11.1 Å². The highest BCUT2D eigenvalue weighted by Gasteiger charge is 2.25. The summed E-state index contributed by atoms with van der Waals surface area (Å²) in [7, 11) is 5.09. The molecule has 0 N–H and O–H groups in total. The Kier molecular flexibility index (Phi) is 5.84. The second-order valence-electron chi connectivity index (χ2n) is 9.13. The lowest BCUT2D eigenvalue weighted by atomic mass is 9.82. The molecule has 2 rings (SSSR count). The summed E-state index contributed by atoms with van der Waals surface area (Å²) in [4.78, 5) is 0. The minimum Gasteiger partial charge on any atom is -0.496 e. The smallest absolute Gasteiger partial charge is 0.168 e. The van der Waals surface area contributed by atoms with E-state index < -0.39 is 0 Å². The second-order valence-corrected chi connectivity index (χ2v) is 9.13. The molecule has 0 saturated carbocycles. The lowest BCUT2D eigenvalue weighted by Crippen LogP contribution is -2.13. The van der Waals surface area contributed by atoms with Crippen LogP contribution < -0.4 is 14.2 Å². The molecule has 0 aliphatic rings. The Bertz CT molecular complexity index is 821. The lowest BCUT2D eigenvalue weighted by molar-refractivity contribution is 0.354. The minimum atomic E-state index is -0.0157. The van der Waals surface area contributed by atoms with Gasteiger partial charge in [-0.3, -0.25) is 0 Å². The van der Waals surface area contributed by atoms with Gasteiger partial charge in [0.15, 0.2) is 11.5 Å². The minimum absolute atomic E-state index is 0.0157. The summed E-state index contributed by atoms with van der Waals surface area (Å²) in [6.45, 7) is 15.4. The molecule has 27 heavy (non-hydrogen) atoms. The first kappa shape index (κ1) is 21.1. The highest BCUT2D eigenvalue weighted by molar-refractivity contribution is 5.81. The molecule has 0 atom stereocenters. The van der Waals surface area contributed by atoms with Gasteiger partial charge in [-0.15, -0.1) is 0 Å².